The lowest BCUT2D eigenvalue weighted by Gasteiger charge is -2.24. The molecule has 2 heterocycles. The highest BCUT2D eigenvalue weighted by molar-refractivity contribution is 6.04. The smallest absolute Gasteiger partial charge is 0.427 e. The van der Waals surface area contributed by atoms with Gasteiger partial charge in [-0.15, -0.1) is 0 Å². The average Bonchev–Trinajstić information content (AvgIpc) is 2.99. The third kappa shape index (κ3) is 2.97. The molecular formula is C17H18N2O5. The third-order valence-electron chi connectivity index (χ3n) is 3.65. The summed E-state index contributed by atoms with van der Waals surface area (Å²) in [5, 5.41) is 0.925. The van der Waals surface area contributed by atoms with Gasteiger partial charge in [0, 0.05) is 23.5 Å². The van der Waals surface area contributed by atoms with E-state index in [-0.39, 0.29) is 6.42 Å². The largest absolute Gasteiger partial charge is 0.443 e. The number of aromatic amines is 1. The summed E-state index contributed by atoms with van der Waals surface area (Å²) in [7, 11) is 0. The molecule has 0 radical (unpaired) electrons. The van der Waals surface area contributed by atoms with Crippen LogP contribution in [0.5, 0.6) is 0 Å². The minimum Gasteiger partial charge on any atom is -0.443 e. The lowest BCUT2D eigenvalue weighted by molar-refractivity contribution is -0.135. The number of fused-ring (bicyclic) bond motifs is 1. The number of amides is 2. The fraction of sp³-hybridized carbons (Fsp3) is 0.353. The summed E-state index contributed by atoms with van der Waals surface area (Å²) in [5.41, 5.74) is 0.943. The number of benzene rings is 1. The molecule has 1 N–H and O–H groups in total. The number of para-hydroxylation sites is 1. The first-order valence-corrected chi connectivity index (χ1v) is 7.59. The zero-order valence-electron chi connectivity index (χ0n) is 13.7. The zero-order valence-corrected chi connectivity index (χ0v) is 13.7. The van der Waals surface area contributed by atoms with Gasteiger partial charge in [-0.05, 0) is 32.4 Å². The highest BCUT2D eigenvalue weighted by Gasteiger charge is 2.47. The number of rotatable bonds is 2. The number of hydrogen-bond acceptors (Lipinski definition) is 5. The number of ether oxygens (including phenoxy) is 2. The van der Waals surface area contributed by atoms with Crippen molar-refractivity contribution in [3.8, 4) is 0 Å². The maximum absolute atomic E-state index is 12.3. The fourth-order valence-electron chi connectivity index (χ4n) is 2.63. The van der Waals surface area contributed by atoms with Gasteiger partial charge in [0.05, 0.1) is 0 Å². The molecule has 0 aliphatic carbocycles. The van der Waals surface area contributed by atoms with E-state index >= 15 is 0 Å². The lowest BCUT2D eigenvalue weighted by atomic mass is 10.0. The van der Waals surface area contributed by atoms with E-state index in [1.54, 1.807) is 27.0 Å². The molecule has 2 aromatic rings. The van der Waals surface area contributed by atoms with E-state index in [2.05, 4.69) is 9.72 Å². The van der Waals surface area contributed by atoms with Crippen LogP contribution in [-0.4, -0.2) is 39.7 Å². The van der Waals surface area contributed by atoms with Crippen LogP contribution in [0.2, 0.25) is 0 Å². The number of carbonyl (C=O) groups is 3. The Morgan fingerprint density at radius 1 is 1.29 bits per heavy atom. The minimum absolute atomic E-state index is 0.161. The van der Waals surface area contributed by atoms with Crippen LogP contribution in [-0.2, 0) is 20.7 Å². The first-order valence-electron chi connectivity index (χ1n) is 7.59. The summed E-state index contributed by atoms with van der Waals surface area (Å²) < 4.78 is 9.82. The van der Waals surface area contributed by atoms with Crippen molar-refractivity contribution in [3.63, 3.8) is 0 Å². The van der Waals surface area contributed by atoms with Gasteiger partial charge >= 0.3 is 18.2 Å². The Labute approximate surface area is 138 Å². The molecule has 1 aliphatic heterocycles. The third-order valence-corrected chi connectivity index (χ3v) is 3.65. The van der Waals surface area contributed by atoms with Gasteiger partial charge in [-0.2, -0.15) is 4.90 Å². The van der Waals surface area contributed by atoms with E-state index in [9.17, 15) is 14.4 Å². The first kappa shape index (κ1) is 16.0. The summed E-state index contributed by atoms with van der Waals surface area (Å²) in [6, 6.07) is 6.54. The number of esters is 1. The van der Waals surface area contributed by atoms with Crippen LogP contribution >= 0.6 is 0 Å². The molecule has 1 aromatic carbocycles. The van der Waals surface area contributed by atoms with Crippen LogP contribution in [0.4, 0.5) is 9.59 Å². The number of carbonyl (C=O) groups excluding carboxylic acids is 3. The molecule has 1 aromatic heterocycles. The SMILES string of the molecule is CC(C)(C)OC(=O)N1C(=O)OC(=O)[C@@H]1Cc1c[nH]c2ccccc12. The summed E-state index contributed by atoms with van der Waals surface area (Å²) in [4.78, 5) is 40.0. The van der Waals surface area contributed by atoms with Gasteiger partial charge in [0.2, 0.25) is 0 Å². The lowest BCUT2D eigenvalue weighted by Crippen LogP contribution is -2.44. The highest BCUT2D eigenvalue weighted by Crippen LogP contribution is 2.25. The van der Waals surface area contributed by atoms with Gasteiger partial charge in [-0.1, -0.05) is 18.2 Å². The van der Waals surface area contributed by atoms with Crippen LogP contribution < -0.4 is 0 Å². The second-order valence-electron chi connectivity index (χ2n) is 6.62. The molecule has 24 heavy (non-hydrogen) atoms. The number of nitrogens with zero attached hydrogens (tertiary/aromatic N) is 1. The number of nitrogens with one attached hydrogen (secondary N) is 1. The van der Waals surface area contributed by atoms with Crippen molar-refractivity contribution < 1.29 is 23.9 Å². The molecule has 7 heteroatoms. The minimum atomic E-state index is -1.04. The van der Waals surface area contributed by atoms with E-state index in [1.165, 1.54) is 0 Å². The van der Waals surface area contributed by atoms with Crippen molar-refractivity contribution in [1.29, 1.82) is 0 Å². The topological polar surface area (TPSA) is 88.7 Å². The molecule has 0 unspecified atom stereocenters. The Balaban J connectivity index is 1.88. The molecule has 1 aliphatic rings. The van der Waals surface area contributed by atoms with Crippen molar-refractivity contribution >= 4 is 29.1 Å². The van der Waals surface area contributed by atoms with E-state index in [0.717, 1.165) is 21.4 Å². The van der Waals surface area contributed by atoms with Crippen LogP contribution in [0.3, 0.4) is 0 Å². The Hall–Kier alpha value is -2.83. The van der Waals surface area contributed by atoms with Crippen molar-refractivity contribution in [2.24, 2.45) is 0 Å². The van der Waals surface area contributed by atoms with Gasteiger partial charge in [0.15, 0.2) is 0 Å². The van der Waals surface area contributed by atoms with Crippen molar-refractivity contribution in [2.45, 2.75) is 38.8 Å². The van der Waals surface area contributed by atoms with Crippen LogP contribution in [0.15, 0.2) is 30.5 Å². The number of imide groups is 1. The van der Waals surface area contributed by atoms with Crippen molar-refractivity contribution in [2.75, 3.05) is 0 Å². The molecule has 1 atom stereocenters. The van der Waals surface area contributed by atoms with E-state index < -0.39 is 29.8 Å². The van der Waals surface area contributed by atoms with Crippen LogP contribution in [0.25, 0.3) is 10.9 Å². The quantitative estimate of drug-likeness (QED) is 0.675. The number of hydrogen-bond donors (Lipinski definition) is 1. The molecular weight excluding hydrogens is 312 g/mol. The molecule has 7 nitrogen and oxygen atoms in total. The maximum Gasteiger partial charge on any atom is 0.427 e. The normalized spacial score (nSPS) is 18.1. The van der Waals surface area contributed by atoms with Gasteiger partial charge in [-0.25, -0.2) is 14.4 Å². The fourth-order valence-corrected chi connectivity index (χ4v) is 2.63. The molecule has 0 saturated carbocycles. The Bertz CT molecular complexity index is 818. The monoisotopic (exact) mass is 330 g/mol. The first-order chi connectivity index (χ1) is 11.3. The summed E-state index contributed by atoms with van der Waals surface area (Å²) in [5.74, 6) is -0.754. The predicted octanol–water partition coefficient (Wildman–Crippen LogP) is 2.99. The number of H-pyrrole nitrogens is 1. The Morgan fingerprint density at radius 3 is 2.71 bits per heavy atom. The summed E-state index contributed by atoms with van der Waals surface area (Å²) in [6.45, 7) is 5.05. The molecule has 0 spiro atoms. The molecule has 0 bridgehead atoms. The van der Waals surface area contributed by atoms with E-state index in [4.69, 9.17) is 4.74 Å². The number of aromatic nitrogens is 1. The zero-order chi connectivity index (χ0) is 17.5. The molecule has 3 rings (SSSR count). The maximum atomic E-state index is 12.3. The summed E-state index contributed by atoms with van der Waals surface area (Å²) >= 11 is 0. The van der Waals surface area contributed by atoms with E-state index in [0.29, 0.717) is 0 Å². The summed E-state index contributed by atoms with van der Waals surface area (Å²) in [6.07, 6.45) is 0.0317. The molecule has 2 amide bonds. The van der Waals surface area contributed by atoms with Gasteiger partial charge < -0.3 is 14.5 Å². The van der Waals surface area contributed by atoms with Gasteiger partial charge in [-0.3, -0.25) is 0 Å². The second-order valence-corrected chi connectivity index (χ2v) is 6.62. The Kier molecular flexibility index (Phi) is 3.79. The predicted molar refractivity (Wildman–Crippen MR) is 85.4 cm³/mol. The van der Waals surface area contributed by atoms with Crippen LogP contribution in [0.1, 0.15) is 26.3 Å². The van der Waals surface area contributed by atoms with Crippen LogP contribution in [0, 0.1) is 0 Å². The number of cyclic esters (lactones) is 2. The molecule has 126 valence electrons. The van der Waals surface area contributed by atoms with E-state index in [1.807, 2.05) is 24.3 Å². The van der Waals surface area contributed by atoms with Crippen molar-refractivity contribution in [1.82, 2.24) is 9.88 Å². The van der Waals surface area contributed by atoms with Crippen molar-refractivity contribution in [3.05, 3.63) is 36.0 Å². The second kappa shape index (κ2) is 5.67. The van der Waals surface area contributed by atoms with Gasteiger partial charge in [0.1, 0.15) is 11.6 Å². The molecule has 1 saturated heterocycles. The Morgan fingerprint density at radius 2 is 2.00 bits per heavy atom. The highest BCUT2D eigenvalue weighted by atomic mass is 16.6. The average molecular weight is 330 g/mol. The molecule has 1 fully saturated rings. The standard InChI is InChI=1S/C17H18N2O5/c1-17(2,3)24-16(22)19-13(14(20)23-15(19)21)8-10-9-18-12-7-5-4-6-11(10)12/h4-7,9,13,18H,8H2,1-3H3/t13-/m0/s1. The van der Waals surface area contributed by atoms with Gasteiger partial charge in [0.25, 0.3) is 0 Å².